The van der Waals surface area contributed by atoms with Gasteiger partial charge in [0.15, 0.2) is 0 Å². The maximum atomic E-state index is 12.5. The molecular formula is C19H32N2O2S. The number of nitrogens with zero attached hydrogens (tertiary/aromatic N) is 2. The van der Waals surface area contributed by atoms with Gasteiger partial charge < -0.3 is 9.80 Å². The lowest BCUT2D eigenvalue weighted by atomic mass is 9.98. The Labute approximate surface area is 150 Å². The number of hydrogen-bond acceptors (Lipinski definition) is 3. The first-order valence-electron chi connectivity index (χ1n) is 9.75. The average Bonchev–Trinajstić information content (AvgIpc) is 3.22. The summed E-state index contributed by atoms with van der Waals surface area (Å²) in [5, 5.41) is 0. The monoisotopic (exact) mass is 352 g/mol. The Hall–Kier alpha value is -0.710. The molecule has 24 heavy (non-hydrogen) atoms. The Morgan fingerprint density at radius 3 is 2.42 bits per heavy atom. The largest absolute Gasteiger partial charge is 0.342 e. The highest BCUT2D eigenvalue weighted by Crippen LogP contribution is 2.44. The van der Waals surface area contributed by atoms with Crippen LogP contribution in [0.25, 0.3) is 0 Å². The van der Waals surface area contributed by atoms with Crippen molar-refractivity contribution in [3.05, 3.63) is 0 Å². The molecule has 2 saturated heterocycles. The second-order valence-electron chi connectivity index (χ2n) is 8.01. The molecule has 0 atom stereocenters. The van der Waals surface area contributed by atoms with Crippen molar-refractivity contribution >= 4 is 23.6 Å². The van der Waals surface area contributed by atoms with Crippen LogP contribution in [0.4, 0.5) is 0 Å². The van der Waals surface area contributed by atoms with Crippen molar-refractivity contribution in [1.29, 1.82) is 0 Å². The molecule has 1 aliphatic carbocycles. The van der Waals surface area contributed by atoms with E-state index in [9.17, 15) is 9.59 Å². The fourth-order valence-electron chi connectivity index (χ4n) is 4.54. The van der Waals surface area contributed by atoms with Crippen LogP contribution in [-0.2, 0) is 9.59 Å². The molecule has 1 saturated carbocycles. The van der Waals surface area contributed by atoms with Gasteiger partial charge in [-0.2, -0.15) is 0 Å². The SMILES string of the molecule is CC(C)C(=O)N1CCSC12CCN(C(=O)CCC1CCCC1)CC2. The van der Waals surface area contributed by atoms with Gasteiger partial charge in [0.25, 0.3) is 0 Å². The zero-order valence-corrected chi connectivity index (χ0v) is 16.1. The number of rotatable bonds is 4. The molecular weight excluding hydrogens is 320 g/mol. The van der Waals surface area contributed by atoms with E-state index in [2.05, 4.69) is 9.80 Å². The summed E-state index contributed by atoms with van der Waals surface area (Å²) in [6.45, 7) is 6.48. The summed E-state index contributed by atoms with van der Waals surface area (Å²) in [6.07, 6.45) is 9.01. The van der Waals surface area contributed by atoms with E-state index in [4.69, 9.17) is 0 Å². The van der Waals surface area contributed by atoms with E-state index in [0.717, 1.165) is 57.0 Å². The Balaban J connectivity index is 1.51. The molecule has 1 spiro atoms. The predicted molar refractivity (Wildman–Crippen MR) is 98.7 cm³/mol. The zero-order chi connectivity index (χ0) is 17.2. The van der Waals surface area contributed by atoms with E-state index >= 15 is 0 Å². The lowest BCUT2D eigenvalue weighted by Crippen LogP contribution is -2.54. The smallest absolute Gasteiger partial charge is 0.226 e. The van der Waals surface area contributed by atoms with E-state index in [-0.39, 0.29) is 16.7 Å². The van der Waals surface area contributed by atoms with Crippen molar-refractivity contribution in [3.63, 3.8) is 0 Å². The minimum atomic E-state index is -0.0381. The van der Waals surface area contributed by atoms with Gasteiger partial charge in [0, 0.05) is 37.7 Å². The maximum absolute atomic E-state index is 12.5. The molecule has 3 aliphatic rings. The van der Waals surface area contributed by atoms with E-state index in [1.54, 1.807) is 0 Å². The molecule has 136 valence electrons. The zero-order valence-electron chi connectivity index (χ0n) is 15.3. The van der Waals surface area contributed by atoms with E-state index in [0.29, 0.717) is 5.91 Å². The summed E-state index contributed by atoms with van der Waals surface area (Å²) in [7, 11) is 0. The number of carbonyl (C=O) groups is 2. The normalized spacial score (nSPS) is 24.3. The molecule has 2 aliphatic heterocycles. The van der Waals surface area contributed by atoms with E-state index in [1.165, 1.54) is 25.7 Å². The predicted octanol–water partition coefficient (Wildman–Crippen LogP) is 3.51. The van der Waals surface area contributed by atoms with Gasteiger partial charge in [-0.3, -0.25) is 9.59 Å². The number of piperidine rings is 1. The third-order valence-electron chi connectivity index (χ3n) is 6.08. The van der Waals surface area contributed by atoms with Crippen LogP contribution >= 0.6 is 11.8 Å². The van der Waals surface area contributed by atoms with Gasteiger partial charge in [-0.15, -0.1) is 11.8 Å². The maximum Gasteiger partial charge on any atom is 0.226 e. The quantitative estimate of drug-likeness (QED) is 0.777. The summed E-state index contributed by atoms with van der Waals surface area (Å²) in [4.78, 5) is 29.2. The molecule has 0 aromatic heterocycles. The molecule has 3 fully saturated rings. The van der Waals surface area contributed by atoms with Gasteiger partial charge in [-0.05, 0) is 25.2 Å². The summed E-state index contributed by atoms with van der Waals surface area (Å²) >= 11 is 1.93. The fraction of sp³-hybridized carbons (Fsp3) is 0.895. The first-order valence-corrected chi connectivity index (χ1v) is 10.7. The first-order chi connectivity index (χ1) is 11.5. The average molecular weight is 353 g/mol. The number of thioether (sulfide) groups is 1. The lowest BCUT2D eigenvalue weighted by molar-refractivity contribution is -0.139. The highest BCUT2D eigenvalue weighted by molar-refractivity contribution is 8.00. The summed E-state index contributed by atoms with van der Waals surface area (Å²) in [5.41, 5.74) is 0. The number of carbonyl (C=O) groups excluding carboxylic acids is 2. The van der Waals surface area contributed by atoms with Crippen LogP contribution in [0.1, 0.15) is 65.2 Å². The highest BCUT2D eigenvalue weighted by Gasteiger charge is 2.47. The van der Waals surface area contributed by atoms with Crippen molar-refractivity contribution in [2.45, 2.75) is 70.1 Å². The Bertz CT molecular complexity index is 466. The number of likely N-dealkylation sites (tertiary alicyclic amines) is 1. The van der Waals surface area contributed by atoms with Crippen LogP contribution in [0.2, 0.25) is 0 Å². The second kappa shape index (κ2) is 7.67. The molecule has 0 radical (unpaired) electrons. The van der Waals surface area contributed by atoms with Gasteiger partial charge >= 0.3 is 0 Å². The highest BCUT2D eigenvalue weighted by atomic mass is 32.2. The minimum Gasteiger partial charge on any atom is -0.342 e. The van der Waals surface area contributed by atoms with Crippen LogP contribution in [0, 0.1) is 11.8 Å². The van der Waals surface area contributed by atoms with Crippen LogP contribution in [0.3, 0.4) is 0 Å². The van der Waals surface area contributed by atoms with Crippen molar-refractivity contribution in [2.24, 2.45) is 11.8 Å². The van der Waals surface area contributed by atoms with Crippen molar-refractivity contribution in [1.82, 2.24) is 9.80 Å². The topological polar surface area (TPSA) is 40.6 Å². The second-order valence-corrected chi connectivity index (χ2v) is 9.47. The molecule has 3 rings (SSSR count). The van der Waals surface area contributed by atoms with Gasteiger partial charge in [0.2, 0.25) is 11.8 Å². The Kier molecular flexibility index (Phi) is 5.78. The molecule has 0 bridgehead atoms. The lowest BCUT2D eigenvalue weighted by Gasteiger charge is -2.44. The molecule has 0 aromatic rings. The number of hydrogen-bond donors (Lipinski definition) is 0. The van der Waals surface area contributed by atoms with Crippen LogP contribution < -0.4 is 0 Å². The summed E-state index contributed by atoms with van der Waals surface area (Å²) < 4.78 is 0. The Morgan fingerprint density at radius 2 is 1.79 bits per heavy atom. The van der Waals surface area contributed by atoms with Crippen LogP contribution in [-0.4, -0.2) is 51.9 Å². The van der Waals surface area contributed by atoms with Gasteiger partial charge in [-0.1, -0.05) is 39.5 Å². The van der Waals surface area contributed by atoms with Crippen molar-refractivity contribution in [2.75, 3.05) is 25.4 Å². The molecule has 2 heterocycles. The third-order valence-corrected chi connectivity index (χ3v) is 7.63. The minimum absolute atomic E-state index is 0.0381. The molecule has 2 amide bonds. The van der Waals surface area contributed by atoms with Gasteiger partial charge in [0.1, 0.15) is 0 Å². The van der Waals surface area contributed by atoms with Crippen molar-refractivity contribution < 1.29 is 9.59 Å². The van der Waals surface area contributed by atoms with Crippen molar-refractivity contribution in [3.8, 4) is 0 Å². The molecule has 5 heteroatoms. The summed E-state index contributed by atoms with van der Waals surface area (Å²) in [5.74, 6) is 2.50. The summed E-state index contributed by atoms with van der Waals surface area (Å²) in [6, 6.07) is 0. The number of amides is 2. The third kappa shape index (κ3) is 3.76. The van der Waals surface area contributed by atoms with Crippen LogP contribution in [0.15, 0.2) is 0 Å². The molecule has 4 nitrogen and oxygen atoms in total. The Morgan fingerprint density at radius 1 is 1.12 bits per heavy atom. The van der Waals surface area contributed by atoms with E-state index in [1.807, 2.05) is 25.6 Å². The van der Waals surface area contributed by atoms with E-state index < -0.39 is 0 Å². The standard InChI is InChI=1S/C19H32N2O2S/c1-15(2)18(23)21-13-14-24-19(21)9-11-20(12-10-19)17(22)8-7-16-5-3-4-6-16/h15-16H,3-14H2,1-2H3. The molecule has 0 N–H and O–H groups in total. The molecule has 0 unspecified atom stereocenters. The van der Waals surface area contributed by atoms with Gasteiger partial charge in [0.05, 0.1) is 4.87 Å². The van der Waals surface area contributed by atoms with Crippen LogP contribution in [0.5, 0.6) is 0 Å². The van der Waals surface area contributed by atoms with Gasteiger partial charge in [-0.25, -0.2) is 0 Å². The molecule has 0 aromatic carbocycles. The first kappa shape index (κ1) is 18.1. The fourth-order valence-corrected chi connectivity index (χ4v) is 6.00.